The summed E-state index contributed by atoms with van der Waals surface area (Å²) in [4.78, 5) is 25.8. The number of nitrogens with one attached hydrogen (secondary N) is 1. The number of amides is 1. The summed E-state index contributed by atoms with van der Waals surface area (Å²) < 4.78 is 1.56. The quantitative estimate of drug-likeness (QED) is 0.838. The van der Waals surface area contributed by atoms with Crippen molar-refractivity contribution in [3.8, 4) is 0 Å². The minimum absolute atomic E-state index is 0.0241. The second-order valence-corrected chi connectivity index (χ2v) is 3.52. The number of hydrogen-bond donors (Lipinski definition) is 2. The SMILES string of the molecule is CCC(=O)Nc1ccc2nc(C(=O)O)cn2c1. The summed E-state index contributed by atoms with van der Waals surface area (Å²) >= 11 is 0. The highest BCUT2D eigenvalue weighted by Gasteiger charge is 2.08. The molecule has 6 heteroatoms. The first kappa shape index (κ1) is 11.1. The normalized spacial score (nSPS) is 10.4. The Hall–Kier alpha value is -2.37. The smallest absolute Gasteiger partial charge is 0.356 e. The predicted octanol–water partition coefficient (Wildman–Crippen LogP) is 1.38. The molecule has 6 nitrogen and oxygen atoms in total. The molecule has 1 amide bonds. The van der Waals surface area contributed by atoms with E-state index in [1.807, 2.05) is 0 Å². The summed E-state index contributed by atoms with van der Waals surface area (Å²) in [5, 5.41) is 11.5. The van der Waals surface area contributed by atoms with E-state index in [1.165, 1.54) is 6.20 Å². The molecule has 0 fully saturated rings. The van der Waals surface area contributed by atoms with E-state index in [1.54, 1.807) is 29.7 Å². The van der Waals surface area contributed by atoms with Crippen molar-refractivity contribution < 1.29 is 14.7 Å². The molecule has 17 heavy (non-hydrogen) atoms. The molecular formula is C11H11N3O3. The molecule has 0 saturated carbocycles. The van der Waals surface area contributed by atoms with Gasteiger partial charge in [0.05, 0.1) is 5.69 Å². The number of carboxylic acids is 1. The molecule has 0 aromatic carbocycles. The number of aromatic nitrogens is 2. The number of imidazole rings is 1. The topological polar surface area (TPSA) is 83.7 Å². The third-order valence-corrected chi connectivity index (χ3v) is 2.28. The lowest BCUT2D eigenvalue weighted by Crippen LogP contribution is -2.09. The third kappa shape index (κ3) is 2.25. The molecule has 0 bridgehead atoms. The molecule has 88 valence electrons. The summed E-state index contributed by atoms with van der Waals surface area (Å²) in [5.41, 5.74) is 1.11. The van der Waals surface area contributed by atoms with E-state index in [9.17, 15) is 9.59 Å². The van der Waals surface area contributed by atoms with Crippen molar-refractivity contribution in [3.63, 3.8) is 0 Å². The van der Waals surface area contributed by atoms with Crippen LogP contribution in [0.5, 0.6) is 0 Å². The minimum Gasteiger partial charge on any atom is -0.476 e. The average molecular weight is 233 g/mol. The molecule has 2 heterocycles. The molecule has 0 aliphatic rings. The van der Waals surface area contributed by atoms with E-state index < -0.39 is 5.97 Å². The number of rotatable bonds is 3. The molecule has 0 spiro atoms. The van der Waals surface area contributed by atoms with E-state index in [4.69, 9.17) is 5.11 Å². The summed E-state index contributed by atoms with van der Waals surface area (Å²) in [7, 11) is 0. The Morgan fingerprint density at radius 3 is 2.82 bits per heavy atom. The number of carboxylic acid groups (broad SMARTS) is 1. The molecule has 2 rings (SSSR count). The molecule has 0 aliphatic heterocycles. The number of fused-ring (bicyclic) bond motifs is 1. The Kier molecular flexibility index (Phi) is 2.78. The fourth-order valence-corrected chi connectivity index (χ4v) is 1.42. The van der Waals surface area contributed by atoms with Crippen molar-refractivity contribution in [2.75, 3.05) is 5.32 Å². The van der Waals surface area contributed by atoms with Crippen LogP contribution in [0.15, 0.2) is 24.5 Å². The van der Waals surface area contributed by atoms with E-state index in [0.29, 0.717) is 17.8 Å². The zero-order chi connectivity index (χ0) is 12.4. The number of nitrogens with zero attached hydrogens (tertiary/aromatic N) is 2. The van der Waals surface area contributed by atoms with Gasteiger partial charge in [-0.05, 0) is 12.1 Å². The van der Waals surface area contributed by atoms with Gasteiger partial charge in [-0.25, -0.2) is 9.78 Å². The van der Waals surface area contributed by atoms with Gasteiger partial charge in [0, 0.05) is 18.8 Å². The van der Waals surface area contributed by atoms with Crippen LogP contribution in [0.25, 0.3) is 5.65 Å². The Labute approximate surface area is 96.9 Å². The van der Waals surface area contributed by atoms with Gasteiger partial charge in [0.15, 0.2) is 5.69 Å². The van der Waals surface area contributed by atoms with Gasteiger partial charge in [-0.2, -0.15) is 0 Å². The molecule has 2 aromatic rings. The van der Waals surface area contributed by atoms with Crippen LogP contribution in [-0.2, 0) is 4.79 Å². The van der Waals surface area contributed by atoms with Gasteiger partial charge in [0.1, 0.15) is 5.65 Å². The van der Waals surface area contributed by atoms with Gasteiger partial charge >= 0.3 is 5.97 Å². The maximum Gasteiger partial charge on any atom is 0.356 e. The Morgan fingerprint density at radius 1 is 1.41 bits per heavy atom. The summed E-state index contributed by atoms with van der Waals surface area (Å²) in [6.07, 6.45) is 3.42. The average Bonchev–Trinajstić information content (AvgIpc) is 2.72. The van der Waals surface area contributed by atoms with Crippen molar-refractivity contribution in [2.24, 2.45) is 0 Å². The maximum atomic E-state index is 11.2. The molecule has 0 saturated heterocycles. The van der Waals surface area contributed by atoms with Crippen molar-refractivity contribution in [1.29, 1.82) is 0 Å². The first-order valence-electron chi connectivity index (χ1n) is 5.12. The fourth-order valence-electron chi connectivity index (χ4n) is 1.42. The zero-order valence-corrected chi connectivity index (χ0v) is 9.17. The number of hydrogen-bond acceptors (Lipinski definition) is 3. The van der Waals surface area contributed by atoms with E-state index >= 15 is 0 Å². The lowest BCUT2D eigenvalue weighted by atomic mass is 10.3. The van der Waals surface area contributed by atoms with Crippen molar-refractivity contribution in [1.82, 2.24) is 9.38 Å². The fraction of sp³-hybridized carbons (Fsp3) is 0.182. The number of pyridine rings is 1. The van der Waals surface area contributed by atoms with Crippen LogP contribution in [0.4, 0.5) is 5.69 Å². The summed E-state index contributed by atoms with van der Waals surface area (Å²) in [6, 6.07) is 3.33. The first-order valence-corrected chi connectivity index (χ1v) is 5.12. The molecule has 0 unspecified atom stereocenters. The number of aromatic carboxylic acids is 1. The Bertz CT molecular complexity index is 589. The molecular weight excluding hydrogens is 222 g/mol. The molecule has 2 N–H and O–H groups in total. The van der Waals surface area contributed by atoms with Gasteiger partial charge in [-0.15, -0.1) is 0 Å². The number of carbonyl (C=O) groups excluding carboxylic acids is 1. The molecule has 0 aliphatic carbocycles. The second kappa shape index (κ2) is 4.25. The van der Waals surface area contributed by atoms with Crippen LogP contribution in [0.3, 0.4) is 0 Å². The highest BCUT2D eigenvalue weighted by molar-refractivity contribution is 5.90. The van der Waals surface area contributed by atoms with Gasteiger partial charge < -0.3 is 14.8 Å². The van der Waals surface area contributed by atoms with Crippen molar-refractivity contribution >= 4 is 23.2 Å². The zero-order valence-electron chi connectivity index (χ0n) is 9.17. The van der Waals surface area contributed by atoms with Crippen LogP contribution in [-0.4, -0.2) is 26.4 Å². The van der Waals surface area contributed by atoms with E-state index in [-0.39, 0.29) is 11.6 Å². The van der Waals surface area contributed by atoms with Crippen molar-refractivity contribution in [3.05, 3.63) is 30.2 Å². The molecule has 0 atom stereocenters. The third-order valence-electron chi connectivity index (χ3n) is 2.28. The van der Waals surface area contributed by atoms with Crippen LogP contribution in [0, 0.1) is 0 Å². The van der Waals surface area contributed by atoms with Gasteiger partial charge in [0.2, 0.25) is 5.91 Å². The Balaban J connectivity index is 2.36. The maximum absolute atomic E-state index is 11.2. The predicted molar refractivity (Wildman–Crippen MR) is 61.1 cm³/mol. The largest absolute Gasteiger partial charge is 0.476 e. The molecule has 0 radical (unpaired) electrons. The van der Waals surface area contributed by atoms with Gasteiger partial charge in [-0.1, -0.05) is 6.92 Å². The lowest BCUT2D eigenvalue weighted by Gasteiger charge is -2.03. The monoisotopic (exact) mass is 233 g/mol. The van der Waals surface area contributed by atoms with Gasteiger partial charge in [0.25, 0.3) is 0 Å². The van der Waals surface area contributed by atoms with Crippen LogP contribution < -0.4 is 5.32 Å². The van der Waals surface area contributed by atoms with E-state index in [2.05, 4.69) is 10.3 Å². The minimum atomic E-state index is -1.08. The van der Waals surface area contributed by atoms with Crippen molar-refractivity contribution in [2.45, 2.75) is 13.3 Å². The molecule has 2 aromatic heterocycles. The second-order valence-electron chi connectivity index (χ2n) is 3.52. The van der Waals surface area contributed by atoms with Crippen LogP contribution >= 0.6 is 0 Å². The number of anilines is 1. The lowest BCUT2D eigenvalue weighted by molar-refractivity contribution is -0.115. The standard InChI is InChI=1S/C11H11N3O3/c1-2-10(15)12-7-3-4-9-13-8(11(16)17)6-14(9)5-7/h3-6H,2H2,1H3,(H,12,15)(H,16,17). The highest BCUT2D eigenvalue weighted by atomic mass is 16.4. The van der Waals surface area contributed by atoms with Crippen LogP contribution in [0.1, 0.15) is 23.8 Å². The first-order chi connectivity index (χ1) is 8.10. The van der Waals surface area contributed by atoms with E-state index in [0.717, 1.165) is 0 Å². The summed E-state index contributed by atoms with van der Waals surface area (Å²) in [6.45, 7) is 1.76. The van der Waals surface area contributed by atoms with Gasteiger partial charge in [-0.3, -0.25) is 4.79 Å². The highest BCUT2D eigenvalue weighted by Crippen LogP contribution is 2.12. The Morgan fingerprint density at radius 2 is 2.18 bits per heavy atom. The summed E-state index contributed by atoms with van der Waals surface area (Å²) in [5.74, 6) is -1.17. The van der Waals surface area contributed by atoms with Crippen LogP contribution in [0.2, 0.25) is 0 Å². The number of carbonyl (C=O) groups is 2.